The van der Waals surface area contributed by atoms with Crippen molar-refractivity contribution in [3.63, 3.8) is 0 Å². The Morgan fingerprint density at radius 2 is 2.08 bits per heavy atom. The van der Waals surface area contributed by atoms with Crippen LogP contribution in [-0.4, -0.2) is 34.0 Å². The maximum atomic E-state index is 12.6. The summed E-state index contributed by atoms with van der Waals surface area (Å²) in [5.74, 6) is -0.0204. The first-order valence-electron chi connectivity index (χ1n) is 9.54. The lowest BCUT2D eigenvalue weighted by Crippen LogP contribution is -2.39. The lowest BCUT2D eigenvalue weighted by Gasteiger charge is -2.29. The number of aromatic nitrogens is 2. The van der Waals surface area contributed by atoms with Crippen molar-refractivity contribution in [1.29, 1.82) is 0 Å². The quantitative estimate of drug-likeness (QED) is 0.776. The van der Waals surface area contributed by atoms with Crippen LogP contribution in [0.5, 0.6) is 0 Å². The van der Waals surface area contributed by atoms with Gasteiger partial charge >= 0.3 is 0 Å². The molecule has 0 atom stereocenters. The second-order valence-electron chi connectivity index (χ2n) is 7.03. The van der Waals surface area contributed by atoms with Gasteiger partial charge in [-0.1, -0.05) is 19.8 Å². The van der Waals surface area contributed by atoms with Crippen molar-refractivity contribution in [3.8, 4) is 0 Å². The number of ether oxygens (including phenoxy) is 1. The van der Waals surface area contributed by atoms with Crippen molar-refractivity contribution >= 4 is 11.6 Å². The molecule has 136 valence electrons. The number of unbranched alkanes of at least 4 members (excludes halogenated alkanes) is 2. The minimum absolute atomic E-state index is 0.0204. The number of hydrogen-bond donors (Lipinski definition) is 1. The van der Waals surface area contributed by atoms with E-state index in [1.165, 1.54) is 12.8 Å². The van der Waals surface area contributed by atoms with Gasteiger partial charge < -0.3 is 14.5 Å². The Morgan fingerprint density at radius 3 is 2.84 bits per heavy atom. The van der Waals surface area contributed by atoms with E-state index in [-0.39, 0.29) is 11.9 Å². The van der Waals surface area contributed by atoms with Gasteiger partial charge in [-0.2, -0.15) is 0 Å². The van der Waals surface area contributed by atoms with Gasteiger partial charge in [-0.05, 0) is 51.2 Å². The summed E-state index contributed by atoms with van der Waals surface area (Å²) in [7, 11) is 0. The van der Waals surface area contributed by atoms with Crippen LogP contribution in [0.15, 0.2) is 24.5 Å². The van der Waals surface area contributed by atoms with Crippen molar-refractivity contribution in [2.45, 2.75) is 70.9 Å². The summed E-state index contributed by atoms with van der Waals surface area (Å²) in [6.07, 6.45) is 11.7. The number of rotatable bonds is 7. The average molecular weight is 343 g/mol. The number of carbonyl (C=O) groups excluding carboxylic acids is 1. The third kappa shape index (κ3) is 4.40. The molecule has 1 aliphatic carbocycles. The van der Waals surface area contributed by atoms with E-state index in [9.17, 15) is 4.79 Å². The number of nitrogens with one attached hydrogen (secondary N) is 1. The zero-order chi connectivity index (χ0) is 17.6. The largest absolute Gasteiger partial charge is 0.378 e. The van der Waals surface area contributed by atoms with Crippen LogP contribution in [-0.2, 0) is 4.74 Å². The zero-order valence-electron chi connectivity index (χ0n) is 15.3. The SMILES string of the molecule is CCCCCO[C@H]1CC[C@H](NC(=O)c2ccn3c(C)ccnc23)CC1. The van der Waals surface area contributed by atoms with Gasteiger partial charge in [-0.25, -0.2) is 4.98 Å². The fourth-order valence-electron chi connectivity index (χ4n) is 3.55. The van der Waals surface area contributed by atoms with Crippen LogP contribution >= 0.6 is 0 Å². The topological polar surface area (TPSA) is 55.6 Å². The number of amides is 1. The molecule has 1 aliphatic rings. The van der Waals surface area contributed by atoms with E-state index in [0.717, 1.165) is 50.1 Å². The number of hydrogen-bond acceptors (Lipinski definition) is 3. The third-order valence-electron chi connectivity index (χ3n) is 5.11. The van der Waals surface area contributed by atoms with Gasteiger partial charge in [0.05, 0.1) is 11.7 Å². The molecule has 0 unspecified atom stereocenters. The average Bonchev–Trinajstić information content (AvgIpc) is 3.06. The molecule has 0 saturated heterocycles. The van der Waals surface area contributed by atoms with Gasteiger partial charge in [0.25, 0.3) is 5.91 Å². The monoisotopic (exact) mass is 343 g/mol. The molecule has 0 spiro atoms. The summed E-state index contributed by atoms with van der Waals surface area (Å²) < 4.78 is 7.91. The van der Waals surface area contributed by atoms with Gasteiger partial charge in [0.15, 0.2) is 0 Å². The summed E-state index contributed by atoms with van der Waals surface area (Å²) in [5.41, 5.74) is 2.46. The predicted molar refractivity (Wildman–Crippen MR) is 98.9 cm³/mol. The highest BCUT2D eigenvalue weighted by molar-refractivity contribution is 6.00. The molecule has 0 bridgehead atoms. The Hall–Kier alpha value is -1.88. The van der Waals surface area contributed by atoms with E-state index in [1.54, 1.807) is 6.20 Å². The van der Waals surface area contributed by atoms with Crippen LogP contribution in [0.4, 0.5) is 0 Å². The minimum Gasteiger partial charge on any atom is -0.378 e. The molecule has 0 aliphatic heterocycles. The van der Waals surface area contributed by atoms with Crippen LogP contribution in [0.25, 0.3) is 5.65 Å². The molecule has 2 aromatic heterocycles. The van der Waals surface area contributed by atoms with Gasteiger partial charge in [-0.3, -0.25) is 4.79 Å². The smallest absolute Gasteiger partial charge is 0.255 e. The molecule has 0 aromatic carbocycles. The van der Waals surface area contributed by atoms with E-state index in [2.05, 4.69) is 17.2 Å². The molecular formula is C20H29N3O2. The molecule has 2 heterocycles. The molecule has 2 aromatic rings. The molecule has 1 N–H and O–H groups in total. The highest BCUT2D eigenvalue weighted by Gasteiger charge is 2.24. The number of carbonyl (C=O) groups is 1. The number of aryl methyl sites for hydroxylation is 1. The van der Waals surface area contributed by atoms with Crippen LogP contribution in [0, 0.1) is 6.92 Å². The lowest BCUT2D eigenvalue weighted by atomic mass is 9.92. The summed E-state index contributed by atoms with van der Waals surface area (Å²) in [5, 5.41) is 3.18. The first-order valence-corrected chi connectivity index (χ1v) is 9.54. The Kier molecular flexibility index (Phi) is 6.08. The van der Waals surface area contributed by atoms with Gasteiger partial charge in [0.2, 0.25) is 0 Å². The van der Waals surface area contributed by atoms with E-state index in [1.807, 2.05) is 29.7 Å². The first-order chi connectivity index (χ1) is 12.2. The predicted octanol–water partition coefficient (Wildman–Crippen LogP) is 3.89. The van der Waals surface area contributed by atoms with Crippen molar-refractivity contribution in [2.24, 2.45) is 0 Å². The molecule has 1 fully saturated rings. The van der Waals surface area contributed by atoms with Crippen molar-refractivity contribution in [2.75, 3.05) is 6.61 Å². The summed E-state index contributed by atoms with van der Waals surface area (Å²) >= 11 is 0. The van der Waals surface area contributed by atoms with Crippen molar-refractivity contribution < 1.29 is 9.53 Å². The highest BCUT2D eigenvalue weighted by atomic mass is 16.5. The van der Waals surface area contributed by atoms with Gasteiger partial charge in [0.1, 0.15) is 5.65 Å². The fraction of sp³-hybridized carbons (Fsp3) is 0.600. The molecule has 25 heavy (non-hydrogen) atoms. The molecular weight excluding hydrogens is 314 g/mol. The van der Waals surface area contributed by atoms with E-state index < -0.39 is 0 Å². The van der Waals surface area contributed by atoms with Crippen LogP contribution in [0.2, 0.25) is 0 Å². The molecule has 0 radical (unpaired) electrons. The summed E-state index contributed by atoms with van der Waals surface area (Å²) in [6.45, 7) is 5.09. The van der Waals surface area contributed by atoms with Crippen molar-refractivity contribution in [3.05, 3.63) is 35.8 Å². The molecule has 5 nitrogen and oxygen atoms in total. The Labute approximate surface area is 149 Å². The second-order valence-corrected chi connectivity index (χ2v) is 7.03. The van der Waals surface area contributed by atoms with Crippen LogP contribution in [0.3, 0.4) is 0 Å². The number of fused-ring (bicyclic) bond motifs is 1. The molecule has 1 saturated carbocycles. The summed E-state index contributed by atoms with van der Waals surface area (Å²) in [6, 6.07) is 4.03. The fourth-order valence-corrected chi connectivity index (χ4v) is 3.55. The van der Waals surface area contributed by atoms with E-state index in [0.29, 0.717) is 11.7 Å². The van der Waals surface area contributed by atoms with Crippen LogP contribution < -0.4 is 5.32 Å². The molecule has 3 rings (SSSR count). The normalized spacial score (nSPS) is 20.7. The van der Waals surface area contributed by atoms with E-state index >= 15 is 0 Å². The van der Waals surface area contributed by atoms with Crippen molar-refractivity contribution in [1.82, 2.24) is 14.7 Å². The first kappa shape index (κ1) is 17.9. The molecule has 5 heteroatoms. The molecule has 1 amide bonds. The maximum Gasteiger partial charge on any atom is 0.255 e. The van der Waals surface area contributed by atoms with Gasteiger partial charge in [-0.15, -0.1) is 0 Å². The Morgan fingerprint density at radius 1 is 1.28 bits per heavy atom. The Bertz CT molecular complexity index is 702. The zero-order valence-corrected chi connectivity index (χ0v) is 15.3. The lowest BCUT2D eigenvalue weighted by molar-refractivity contribution is 0.0205. The highest BCUT2D eigenvalue weighted by Crippen LogP contribution is 2.22. The van der Waals surface area contributed by atoms with Crippen LogP contribution in [0.1, 0.15) is 67.9 Å². The maximum absolute atomic E-state index is 12.6. The number of nitrogens with zero attached hydrogens (tertiary/aromatic N) is 2. The summed E-state index contributed by atoms with van der Waals surface area (Å²) in [4.78, 5) is 17.0. The third-order valence-corrected chi connectivity index (χ3v) is 5.11. The van der Waals surface area contributed by atoms with E-state index in [4.69, 9.17) is 4.74 Å². The Balaban J connectivity index is 1.50. The second kappa shape index (κ2) is 8.48. The standard InChI is InChI=1S/C20H29N3O2/c1-3-4-5-14-25-17-8-6-16(7-9-17)22-20(24)18-11-13-23-15(2)10-12-21-19(18)23/h10-13,16-17H,3-9,14H2,1-2H3,(H,22,24)/t16-,17-. The minimum atomic E-state index is -0.0204. The van der Waals surface area contributed by atoms with Gasteiger partial charge in [0, 0.05) is 30.7 Å².